The van der Waals surface area contributed by atoms with Gasteiger partial charge in [0.1, 0.15) is 22.9 Å². The van der Waals surface area contributed by atoms with Crippen molar-refractivity contribution in [2.24, 2.45) is 0 Å². The average molecular weight is 443 g/mol. The van der Waals surface area contributed by atoms with Gasteiger partial charge in [-0.15, -0.1) is 11.3 Å². The zero-order valence-electron chi connectivity index (χ0n) is 18.7. The Kier molecular flexibility index (Phi) is 6.07. The molecule has 1 amide bonds. The number of aryl methyl sites for hydroxylation is 1. The van der Waals surface area contributed by atoms with E-state index in [4.69, 9.17) is 9.47 Å². The van der Waals surface area contributed by atoms with Crippen LogP contribution < -0.4 is 4.74 Å². The molecule has 0 bridgehead atoms. The van der Waals surface area contributed by atoms with Crippen molar-refractivity contribution in [3.8, 4) is 11.9 Å². The molecule has 7 nitrogen and oxygen atoms in total. The van der Waals surface area contributed by atoms with Crippen LogP contribution in [0.3, 0.4) is 0 Å². The summed E-state index contributed by atoms with van der Waals surface area (Å²) >= 11 is 1.71. The van der Waals surface area contributed by atoms with Gasteiger partial charge in [-0.1, -0.05) is 0 Å². The average Bonchev–Trinajstić information content (AvgIpc) is 3.27. The smallest absolute Gasteiger partial charge is 0.410 e. The third-order valence-corrected chi connectivity index (χ3v) is 7.36. The Hall–Kier alpha value is -2.40. The van der Waals surface area contributed by atoms with Crippen LogP contribution in [0.1, 0.15) is 75.7 Å². The fraction of sp³-hybridized carbons (Fsp3) is 0.652. The number of hydrogen-bond donors (Lipinski definition) is 0. The monoisotopic (exact) mass is 442 g/mol. The van der Waals surface area contributed by atoms with E-state index in [-0.39, 0.29) is 24.2 Å². The van der Waals surface area contributed by atoms with Gasteiger partial charge in [0, 0.05) is 24.4 Å². The molecule has 1 fully saturated rings. The minimum atomic E-state index is -0.492. The van der Waals surface area contributed by atoms with E-state index >= 15 is 0 Å². The Morgan fingerprint density at radius 2 is 2.00 bits per heavy atom. The van der Waals surface area contributed by atoms with E-state index in [9.17, 15) is 10.1 Å². The minimum absolute atomic E-state index is 0.0627. The maximum absolute atomic E-state index is 12.4. The van der Waals surface area contributed by atoms with E-state index in [0.29, 0.717) is 12.3 Å². The highest BCUT2D eigenvalue weighted by molar-refractivity contribution is 7.19. The van der Waals surface area contributed by atoms with Crippen LogP contribution >= 0.6 is 11.3 Å². The molecule has 1 atom stereocenters. The summed E-state index contributed by atoms with van der Waals surface area (Å²) < 4.78 is 11.9. The number of rotatable bonds is 4. The number of fused-ring (bicyclic) bond motifs is 3. The molecule has 0 aromatic carbocycles. The van der Waals surface area contributed by atoms with E-state index in [0.717, 1.165) is 48.7 Å². The predicted octanol–water partition coefficient (Wildman–Crippen LogP) is 5.19. The molecule has 0 N–H and O–H groups in total. The summed E-state index contributed by atoms with van der Waals surface area (Å²) in [6.45, 7) is 5.65. The molecule has 31 heavy (non-hydrogen) atoms. The molecule has 0 aliphatic heterocycles. The van der Waals surface area contributed by atoms with Gasteiger partial charge in [-0.05, 0) is 70.8 Å². The van der Waals surface area contributed by atoms with Gasteiger partial charge in [-0.3, -0.25) is 0 Å². The van der Waals surface area contributed by atoms with E-state index in [1.165, 1.54) is 10.4 Å². The molecule has 4 rings (SSSR count). The first-order chi connectivity index (χ1) is 14.8. The topological polar surface area (TPSA) is 88.3 Å². The van der Waals surface area contributed by atoms with Crippen LogP contribution in [0.4, 0.5) is 4.79 Å². The third-order valence-electron chi connectivity index (χ3n) is 6.18. The van der Waals surface area contributed by atoms with Gasteiger partial charge in [-0.2, -0.15) is 5.26 Å². The molecular weight excluding hydrogens is 412 g/mol. The van der Waals surface area contributed by atoms with Crippen molar-refractivity contribution < 1.29 is 14.3 Å². The lowest BCUT2D eigenvalue weighted by molar-refractivity contribution is 0.0138. The molecule has 2 aliphatic rings. The second kappa shape index (κ2) is 8.62. The Morgan fingerprint density at radius 1 is 1.26 bits per heavy atom. The van der Waals surface area contributed by atoms with Gasteiger partial charge in [-0.25, -0.2) is 14.8 Å². The highest BCUT2D eigenvalue weighted by Crippen LogP contribution is 2.47. The fourth-order valence-corrected chi connectivity index (χ4v) is 5.87. The summed E-state index contributed by atoms with van der Waals surface area (Å²) in [6.07, 6.45) is 7.36. The van der Waals surface area contributed by atoms with Crippen molar-refractivity contribution >= 4 is 27.6 Å². The van der Waals surface area contributed by atoms with Gasteiger partial charge < -0.3 is 14.4 Å². The van der Waals surface area contributed by atoms with Crippen LogP contribution in [0.15, 0.2) is 6.33 Å². The molecule has 2 heterocycles. The van der Waals surface area contributed by atoms with E-state index < -0.39 is 5.60 Å². The highest BCUT2D eigenvalue weighted by Gasteiger charge is 2.33. The molecule has 2 aromatic heterocycles. The summed E-state index contributed by atoms with van der Waals surface area (Å²) in [5, 5.41) is 10.2. The maximum Gasteiger partial charge on any atom is 0.410 e. The second-order valence-electron chi connectivity index (χ2n) is 9.54. The quantitative estimate of drug-likeness (QED) is 0.647. The molecular formula is C23H30N4O3S. The number of amides is 1. The van der Waals surface area contributed by atoms with Crippen LogP contribution in [0.25, 0.3) is 10.2 Å². The highest BCUT2D eigenvalue weighted by atomic mass is 32.1. The second-order valence-corrected chi connectivity index (χ2v) is 10.6. The molecule has 0 spiro atoms. The zero-order valence-corrected chi connectivity index (χ0v) is 19.5. The van der Waals surface area contributed by atoms with Crippen LogP contribution in [0, 0.1) is 11.3 Å². The lowest BCUT2D eigenvalue weighted by atomic mass is 9.92. The number of hydrogen-bond acceptors (Lipinski definition) is 7. The number of nitrogens with zero attached hydrogens (tertiary/aromatic N) is 4. The summed E-state index contributed by atoms with van der Waals surface area (Å²) in [4.78, 5) is 25.3. The van der Waals surface area contributed by atoms with Crippen molar-refractivity contribution in [3.05, 3.63) is 16.8 Å². The molecule has 2 aliphatic carbocycles. The first kappa shape index (κ1) is 21.8. The largest absolute Gasteiger partial charge is 0.474 e. The van der Waals surface area contributed by atoms with Gasteiger partial charge >= 0.3 is 6.09 Å². The third kappa shape index (κ3) is 4.62. The normalized spacial score (nSPS) is 23.3. The SMILES string of the molecule is CN(C(=O)OC(C)(C)C)C1CCC(Oc2ncnc3sc4c(c23)[C@@H](CC#N)CC4)CC1. The van der Waals surface area contributed by atoms with Crippen molar-refractivity contribution in [2.75, 3.05) is 7.05 Å². The lowest BCUT2D eigenvalue weighted by Crippen LogP contribution is -2.43. The zero-order chi connectivity index (χ0) is 22.2. The van der Waals surface area contributed by atoms with Crippen LogP contribution in [0.2, 0.25) is 0 Å². The summed E-state index contributed by atoms with van der Waals surface area (Å²) in [5.74, 6) is 0.900. The molecule has 8 heteroatoms. The minimum Gasteiger partial charge on any atom is -0.474 e. The number of thiophene rings is 1. The van der Waals surface area contributed by atoms with Crippen LogP contribution in [-0.4, -0.2) is 45.8 Å². The Morgan fingerprint density at radius 3 is 2.68 bits per heavy atom. The van der Waals surface area contributed by atoms with Crippen molar-refractivity contribution in [2.45, 2.75) is 89.4 Å². The lowest BCUT2D eigenvalue weighted by Gasteiger charge is -2.35. The molecule has 0 radical (unpaired) electrons. The Bertz CT molecular complexity index is 999. The fourth-order valence-electron chi connectivity index (χ4n) is 4.64. The Balaban J connectivity index is 1.44. The van der Waals surface area contributed by atoms with Crippen molar-refractivity contribution in [1.82, 2.24) is 14.9 Å². The van der Waals surface area contributed by atoms with Gasteiger partial charge in [0.15, 0.2) is 0 Å². The van der Waals surface area contributed by atoms with Gasteiger partial charge in [0.25, 0.3) is 0 Å². The van der Waals surface area contributed by atoms with Crippen LogP contribution in [-0.2, 0) is 11.2 Å². The summed E-state index contributed by atoms with van der Waals surface area (Å²) in [7, 11) is 1.82. The Labute approximate surface area is 187 Å². The van der Waals surface area contributed by atoms with E-state index in [1.807, 2.05) is 27.8 Å². The van der Waals surface area contributed by atoms with E-state index in [2.05, 4.69) is 16.0 Å². The predicted molar refractivity (Wildman–Crippen MR) is 119 cm³/mol. The standard InChI is InChI=1S/C23H30N4O3S/c1-23(2,3)30-22(28)27(4)15-6-8-16(9-7-15)29-20-19-18-14(11-12-24)5-10-17(18)31-21(19)26-13-25-20/h13-16H,5-11H2,1-4H3/t14-,15?,16?/m1/s1. The first-order valence-electron chi connectivity index (χ1n) is 11.0. The van der Waals surface area contributed by atoms with Gasteiger partial charge in [0.05, 0.1) is 11.5 Å². The number of carbonyl (C=O) groups is 1. The molecule has 1 saturated carbocycles. The number of nitriles is 1. The number of ether oxygens (including phenoxy) is 2. The first-order valence-corrected chi connectivity index (χ1v) is 11.8. The van der Waals surface area contributed by atoms with Gasteiger partial charge in [0.2, 0.25) is 5.88 Å². The molecule has 166 valence electrons. The van der Waals surface area contributed by atoms with Crippen molar-refractivity contribution in [1.29, 1.82) is 5.26 Å². The molecule has 2 aromatic rings. The molecule has 0 unspecified atom stereocenters. The number of aromatic nitrogens is 2. The summed E-state index contributed by atoms with van der Waals surface area (Å²) in [6, 6.07) is 2.48. The van der Waals surface area contributed by atoms with Crippen LogP contribution in [0.5, 0.6) is 5.88 Å². The summed E-state index contributed by atoms with van der Waals surface area (Å²) in [5.41, 5.74) is 0.740. The number of carbonyl (C=O) groups excluding carboxylic acids is 1. The van der Waals surface area contributed by atoms with E-state index in [1.54, 1.807) is 22.6 Å². The molecule has 0 saturated heterocycles. The van der Waals surface area contributed by atoms with Crippen molar-refractivity contribution in [3.63, 3.8) is 0 Å². The maximum atomic E-state index is 12.4.